The van der Waals surface area contributed by atoms with Gasteiger partial charge in [0.05, 0.1) is 24.8 Å². The van der Waals surface area contributed by atoms with Crippen molar-refractivity contribution in [3.63, 3.8) is 0 Å². The van der Waals surface area contributed by atoms with E-state index >= 15 is 0 Å². The molecule has 2 aromatic rings. The minimum Gasteiger partial charge on any atom is -0.492 e. The summed E-state index contributed by atoms with van der Waals surface area (Å²) in [5, 5.41) is 3.88. The first kappa shape index (κ1) is 20.5. The van der Waals surface area contributed by atoms with Gasteiger partial charge in [-0.3, -0.25) is 9.10 Å². The lowest BCUT2D eigenvalue weighted by Gasteiger charge is -2.23. The van der Waals surface area contributed by atoms with Crippen molar-refractivity contribution < 1.29 is 27.4 Å². The summed E-state index contributed by atoms with van der Waals surface area (Å²) in [6.45, 7) is 1.87. The zero-order valence-corrected chi connectivity index (χ0v) is 16.8. The van der Waals surface area contributed by atoms with E-state index < -0.39 is 22.5 Å². The van der Waals surface area contributed by atoms with E-state index in [1.165, 1.54) is 6.21 Å². The zero-order valence-electron chi connectivity index (χ0n) is 16.0. The van der Waals surface area contributed by atoms with E-state index in [4.69, 9.17) is 14.2 Å². The number of sulfonamides is 1. The van der Waals surface area contributed by atoms with Gasteiger partial charge in [0.15, 0.2) is 11.5 Å². The molecule has 0 atom stereocenters. The number of nitrogens with one attached hydrogen (secondary N) is 1. The van der Waals surface area contributed by atoms with E-state index in [1.807, 2.05) is 0 Å². The van der Waals surface area contributed by atoms with Crippen molar-refractivity contribution in [1.29, 1.82) is 0 Å². The molecule has 0 unspecified atom stereocenters. The number of fused-ring (bicyclic) bond motifs is 1. The van der Waals surface area contributed by atoms with Crippen LogP contribution in [0.25, 0.3) is 0 Å². The van der Waals surface area contributed by atoms with Crippen molar-refractivity contribution in [3.8, 4) is 17.2 Å². The third-order valence-corrected chi connectivity index (χ3v) is 5.05. The van der Waals surface area contributed by atoms with Crippen LogP contribution in [-0.4, -0.2) is 46.7 Å². The van der Waals surface area contributed by atoms with Crippen LogP contribution in [0, 0.1) is 0 Å². The van der Waals surface area contributed by atoms with Crippen LogP contribution in [0.15, 0.2) is 47.6 Å². The zero-order chi connectivity index (χ0) is 20.9. The summed E-state index contributed by atoms with van der Waals surface area (Å²) in [4.78, 5) is 12.3. The van der Waals surface area contributed by atoms with E-state index in [9.17, 15) is 13.2 Å². The Morgan fingerprint density at radius 1 is 1.24 bits per heavy atom. The Morgan fingerprint density at radius 2 is 2.00 bits per heavy atom. The van der Waals surface area contributed by atoms with E-state index in [2.05, 4.69) is 10.5 Å². The number of anilines is 1. The van der Waals surface area contributed by atoms with Gasteiger partial charge in [0.25, 0.3) is 5.91 Å². The molecule has 2 aromatic carbocycles. The minimum absolute atomic E-state index is 0.164. The predicted molar refractivity (Wildman–Crippen MR) is 108 cm³/mol. The highest BCUT2D eigenvalue weighted by atomic mass is 32.2. The molecule has 0 saturated heterocycles. The molecule has 10 heteroatoms. The number of benzene rings is 2. The maximum Gasteiger partial charge on any atom is 0.260 e. The third-order valence-electron chi connectivity index (χ3n) is 3.92. The van der Waals surface area contributed by atoms with Gasteiger partial charge in [-0.15, -0.1) is 0 Å². The lowest BCUT2D eigenvalue weighted by Crippen LogP contribution is -2.39. The molecule has 0 spiro atoms. The fourth-order valence-electron chi connectivity index (χ4n) is 2.66. The summed E-state index contributed by atoms with van der Waals surface area (Å²) in [6.07, 6.45) is 2.46. The maximum absolute atomic E-state index is 12.3. The molecule has 0 fully saturated rings. The molecular weight excluding hydrogens is 398 g/mol. The number of nitrogens with zero attached hydrogens (tertiary/aromatic N) is 2. The number of carbonyl (C=O) groups excluding carboxylic acids is 1. The second-order valence-electron chi connectivity index (χ2n) is 6.08. The molecule has 1 N–H and O–H groups in total. The molecule has 154 valence electrons. The van der Waals surface area contributed by atoms with E-state index in [-0.39, 0.29) is 12.5 Å². The van der Waals surface area contributed by atoms with Gasteiger partial charge >= 0.3 is 0 Å². The number of carbonyl (C=O) groups is 1. The number of rotatable bonds is 8. The Labute approximate surface area is 168 Å². The van der Waals surface area contributed by atoms with Crippen molar-refractivity contribution in [1.82, 2.24) is 5.43 Å². The number of amides is 1. The molecule has 0 aromatic heterocycles. The molecule has 1 amide bonds. The first-order valence-electron chi connectivity index (χ1n) is 8.79. The number of hydrazone groups is 1. The highest BCUT2D eigenvalue weighted by molar-refractivity contribution is 7.92. The molecule has 0 bridgehead atoms. The van der Waals surface area contributed by atoms with Crippen molar-refractivity contribution in [3.05, 3.63) is 48.0 Å². The summed E-state index contributed by atoms with van der Waals surface area (Å²) >= 11 is 0. The van der Waals surface area contributed by atoms with Crippen molar-refractivity contribution in [2.75, 3.05) is 30.5 Å². The van der Waals surface area contributed by atoms with Crippen molar-refractivity contribution in [2.24, 2.45) is 5.10 Å². The number of ether oxygens (including phenoxy) is 3. The molecule has 0 saturated carbocycles. The van der Waals surface area contributed by atoms with Crippen molar-refractivity contribution >= 4 is 27.8 Å². The first-order valence-corrected chi connectivity index (χ1v) is 10.6. The Kier molecular flexibility index (Phi) is 6.23. The van der Waals surface area contributed by atoms with Gasteiger partial charge < -0.3 is 14.2 Å². The van der Waals surface area contributed by atoms with E-state index in [0.29, 0.717) is 29.4 Å². The first-order chi connectivity index (χ1) is 13.9. The van der Waals surface area contributed by atoms with Crippen LogP contribution in [-0.2, 0) is 14.8 Å². The molecular formula is C19H21N3O6S. The molecule has 0 aliphatic carbocycles. The highest BCUT2D eigenvalue weighted by Gasteiger charge is 2.23. The van der Waals surface area contributed by atoms with Crippen LogP contribution < -0.4 is 23.9 Å². The Balaban J connectivity index is 1.70. The lowest BCUT2D eigenvalue weighted by molar-refractivity contribution is -0.119. The van der Waals surface area contributed by atoms with Gasteiger partial charge in [-0.1, -0.05) is 12.1 Å². The molecule has 9 nitrogen and oxygen atoms in total. The SMILES string of the molecule is CCOc1ccccc1N(CC(=O)N/N=C\c1ccc2c(c1)OCO2)S(C)(=O)=O. The number of hydrogen-bond acceptors (Lipinski definition) is 7. The van der Waals surface area contributed by atoms with Gasteiger partial charge in [-0.2, -0.15) is 5.10 Å². The average molecular weight is 419 g/mol. The van der Waals surface area contributed by atoms with Crippen LogP contribution in [0.4, 0.5) is 5.69 Å². The molecule has 1 heterocycles. The smallest absolute Gasteiger partial charge is 0.260 e. The Hall–Kier alpha value is -3.27. The minimum atomic E-state index is -3.73. The average Bonchev–Trinajstić information content (AvgIpc) is 3.14. The molecule has 3 rings (SSSR count). The standard InChI is InChI=1S/C19H21N3O6S/c1-3-26-16-7-5-4-6-15(16)22(29(2,24)25)12-19(23)21-20-11-14-8-9-17-18(10-14)28-13-27-17/h4-11H,3,12-13H2,1-2H3,(H,21,23)/b20-11-. The van der Waals surface area contributed by atoms with Crippen LogP contribution >= 0.6 is 0 Å². The Morgan fingerprint density at radius 3 is 2.76 bits per heavy atom. The topological polar surface area (TPSA) is 107 Å². The fraction of sp³-hybridized carbons (Fsp3) is 0.263. The van der Waals surface area contributed by atoms with E-state index in [1.54, 1.807) is 49.4 Å². The Bertz CT molecular complexity index is 1020. The van der Waals surface area contributed by atoms with Gasteiger partial charge in [0.1, 0.15) is 12.3 Å². The number of hydrogen-bond donors (Lipinski definition) is 1. The van der Waals surface area contributed by atoms with E-state index in [0.717, 1.165) is 10.6 Å². The molecule has 29 heavy (non-hydrogen) atoms. The quantitative estimate of drug-likeness (QED) is 0.516. The van der Waals surface area contributed by atoms with Crippen LogP contribution in [0.5, 0.6) is 17.2 Å². The highest BCUT2D eigenvalue weighted by Crippen LogP contribution is 2.32. The van der Waals surface area contributed by atoms with Gasteiger partial charge in [-0.25, -0.2) is 13.8 Å². The number of para-hydroxylation sites is 2. The predicted octanol–water partition coefficient (Wildman–Crippen LogP) is 1.73. The molecule has 0 radical (unpaired) electrons. The summed E-state index contributed by atoms with van der Waals surface area (Å²) in [6, 6.07) is 11.8. The monoisotopic (exact) mass is 419 g/mol. The van der Waals surface area contributed by atoms with Gasteiger partial charge in [-0.05, 0) is 42.8 Å². The maximum atomic E-state index is 12.3. The normalized spacial score (nSPS) is 12.8. The largest absolute Gasteiger partial charge is 0.492 e. The molecule has 1 aliphatic heterocycles. The van der Waals surface area contributed by atoms with Gasteiger partial charge in [0.2, 0.25) is 16.8 Å². The lowest BCUT2D eigenvalue weighted by atomic mass is 10.2. The second kappa shape index (κ2) is 8.82. The summed E-state index contributed by atoms with van der Waals surface area (Å²) in [5.41, 5.74) is 3.31. The summed E-state index contributed by atoms with van der Waals surface area (Å²) < 4.78 is 41.5. The third kappa shape index (κ3) is 5.17. The van der Waals surface area contributed by atoms with Crippen LogP contribution in [0.2, 0.25) is 0 Å². The van der Waals surface area contributed by atoms with Crippen LogP contribution in [0.3, 0.4) is 0 Å². The fourth-order valence-corrected chi connectivity index (χ4v) is 3.52. The summed E-state index contributed by atoms with van der Waals surface area (Å²) in [7, 11) is -3.73. The van der Waals surface area contributed by atoms with Crippen molar-refractivity contribution in [2.45, 2.75) is 6.92 Å². The summed E-state index contributed by atoms with van der Waals surface area (Å²) in [5.74, 6) is 1.01. The van der Waals surface area contributed by atoms with Crippen LogP contribution in [0.1, 0.15) is 12.5 Å². The molecule has 1 aliphatic rings. The van der Waals surface area contributed by atoms with Gasteiger partial charge in [0, 0.05) is 0 Å². The second-order valence-corrected chi connectivity index (χ2v) is 7.98.